The van der Waals surface area contributed by atoms with Gasteiger partial charge >= 0.3 is 0 Å². The van der Waals surface area contributed by atoms with Gasteiger partial charge in [0, 0.05) is 20.0 Å². The molecule has 0 radical (unpaired) electrons. The summed E-state index contributed by atoms with van der Waals surface area (Å²) in [5, 5.41) is 0.503. The monoisotopic (exact) mass is 311 g/mol. The average Bonchev–Trinajstić information content (AvgIpc) is 2.63. The van der Waals surface area contributed by atoms with E-state index < -0.39 is 0 Å². The molecule has 1 amide bonds. The van der Waals surface area contributed by atoms with Gasteiger partial charge in [0.15, 0.2) is 11.5 Å². The van der Waals surface area contributed by atoms with Gasteiger partial charge in [0.05, 0.1) is 24.7 Å². The zero-order chi connectivity index (χ0) is 15.4. The minimum Gasteiger partial charge on any atom is -0.489 e. The normalized spacial score (nSPS) is 14.0. The van der Waals surface area contributed by atoms with Gasteiger partial charge in [-0.1, -0.05) is 25.4 Å². The van der Waals surface area contributed by atoms with Crippen LogP contribution < -0.4 is 9.47 Å². The highest BCUT2D eigenvalue weighted by Crippen LogP contribution is 2.38. The second-order valence-electron chi connectivity index (χ2n) is 5.80. The number of hydrogen-bond acceptors (Lipinski definition) is 3. The molecule has 0 fully saturated rings. The molecule has 1 aliphatic rings. The van der Waals surface area contributed by atoms with Gasteiger partial charge in [-0.25, -0.2) is 0 Å². The molecule has 2 rings (SSSR count). The fraction of sp³-hybridized carbons (Fsp3) is 0.562. The molecule has 1 heterocycles. The Morgan fingerprint density at radius 2 is 2.05 bits per heavy atom. The first-order chi connectivity index (χ1) is 9.97. The Bertz CT molecular complexity index is 516. The molecule has 116 valence electrons. The SMILES string of the molecule is CC(C)CN(C)C(=O)Cc1cc(Cl)c2c(c1)OCCCO2. The van der Waals surface area contributed by atoms with Crippen molar-refractivity contribution in [1.82, 2.24) is 4.90 Å². The van der Waals surface area contributed by atoms with Crippen molar-refractivity contribution in [2.45, 2.75) is 26.7 Å². The lowest BCUT2D eigenvalue weighted by Gasteiger charge is -2.20. The minimum absolute atomic E-state index is 0.0780. The number of amides is 1. The molecule has 4 nitrogen and oxygen atoms in total. The van der Waals surface area contributed by atoms with Crippen molar-refractivity contribution in [3.63, 3.8) is 0 Å². The number of carbonyl (C=O) groups is 1. The molecule has 0 atom stereocenters. The van der Waals surface area contributed by atoms with Gasteiger partial charge in [-0.2, -0.15) is 0 Å². The zero-order valence-corrected chi connectivity index (χ0v) is 13.6. The van der Waals surface area contributed by atoms with E-state index in [-0.39, 0.29) is 5.91 Å². The van der Waals surface area contributed by atoms with Crippen LogP contribution in [0.2, 0.25) is 5.02 Å². The quantitative estimate of drug-likeness (QED) is 0.857. The molecular weight excluding hydrogens is 290 g/mol. The van der Waals surface area contributed by atoms with E-state index in [1.165, 1.54) is 0 Å². The molecule has 1 aromatic carbocycles. The summed E-state index contributed by atoms with van der Waals surface area (Å²) in [7, 11) is 1.83. The molecule has 0 N–H and O–H groups in total. The largest absolute Gasteiger partial charge is 0.489 e. The van der Waals surface area contributed by atoms with Gasteiger partial charge in [-0.05, 0) is 23.6 Å². The van der Waals surface area contributed by atoms with Crippen LogP contribution in [0.4, 0.5) is 0 Å². The lowest BCUT2D eigenvalue weighted by Crippen LogP contribution is -2.31. The van der Waals surface area contributed by atoms with Gasteiger partial charge in [0.25, 0.3) is 0 Å². The smallest absolute Gasteiger partial charge is 0.226 e. The Morgan fingerprint density at radius 3 is 2.76 bits per heavy atom. The summed E-state index contributed by atoms with van der Waals surface area (Å²) in [6, 6.07) is 3.64. The molecule has 0 aliphatic carbocycles. The third-order valence-electron chi connectivity index (χ3n) is 3.28. The molecule has 0 saturated heterocycles. The zero-order valence-electron chi connectivity index (χ0n) is 12.8. The summed E-state index contributed by atoms with van der Waals surface area (Å²) < 4.78 is 11.2. The number of carbonyl (C=O) groups excluding carboxylic acids is 1. The predicted octanol–water partition coefficient (Wildman–Crippen LogP) is 3.16. The topological polar surface area (TPSA) is 38.8 Å². The maximum atomic E-state index is 12.2. The number of hydrogen-bond donors (Lipinski definition) is 0. The van der Waals surface area contributed by atoms with E-state index >= 15 is 0 Å². The van der Waals surface area contributed by atoms with Crippen LogP contribution in [-0.4, -0.2) is 37.6 Å². The predicted molar refractivity (Wildman–Crippen MR) is 83.2 cm³/mol. The first-order valence-electron chi connectivity index (χ1n) is 7.29. The summed E-state index contributed by atoms with van der Waals surface area (Å²) in [5.74, 6) is 1.75. The Labute approximate surface area is 131 Å². The van der Waals surface area contributed by atoms with Gasteiger partial charge in [-0.3, -0.25) is 4.79 Å². The number of benzene rings is 1. The van der Waals surface area contributed by atoms with E-state index in [9.17, 15) is 4.79 Å². The first kappa shape index (κ1) is 16.0. The highest BCUT2D eigenvalue weighted by Gasteiger charge is 2.18. The van der Waals surface area contributed by atoms with Crippen molar-refractivity contribution in [2.24, 2.45) is 5.92 Å². The van der Waals surface area contributed by atoms with Crippen molar-refractivity contribution in [2.75, 3.05) is 26.8 Å². The van der Waals surface area contributed by atoms with E-state index in [2.05, 4.69) is 13.8 Å². The van der Waals surface area contributed by atoms with Gasteiger partial charge in [0.1, 0.15) is 0 Å². The van der Waals surface area contributed by atoms with E-state index in [0.717, 1.165) is 18.5 Å². The lowest BCUT2D eigenvalue weighted by molar-refractivity contribution is -0.129. The second-order valence-corrected chi connectivity index (χ2v) is 6.21. The number of nitrogens with zero attached hydrogens (tertiary/aromatic N) is 1. The lowest BCUT2D eigenvalue weighted by atomic mass is 10.1. The van der Waals surface area contributed by atoms with Crippen LogP contribution in [0.15, 0.2) is 12.1 Å². The van der Waals surface area contributed by atoms with Crippen molar-refractivity contribution >= 4 is 17.5 Å². The van der Waals surface area contributed by atoms with Gasteiger partial charge < -0.3 is 14.4 Å². The van der Waals surface area contributed by atoms with Gasteiger partial charge in [0.2, 0.25) is 5.91 Å². The number of halogens is 1. The van der Waals surface area contributed by atoms with Crippen LogP contribution in [0, 0.1) is 5.92 Å². The molecule has 0 aromatic heterocycles. The molecule has 1 aliphatic heterocycles. The summed E-state index contributed by atoms with van der Waals surface area (Å²) >= 11 is 6.24. The fourth-order valence-electron chi connectivity index (χ4n) is 2.35. The molecule has 1 aromatic rings. The van der Waals surface area contributed by atoms with Crippen molar-refractivity contribution in [1.29, 1.82) is 0 Å². The van der Waals surface area contributed by atoms with E-state index in [0.29, 0.717) is 42.1 Å². The fourth-order valence-corrected chi connectivity index (χ4v) is 2.63. The number of likely N-dealkylation sites (N-methyl/N-ethyl adjacent to an activating group) is 1. The second kappa shape index (κ2) is 7.03. The minimum atomic E-state index is 0.0780. The standard InChI is InChI=1S/C16H22ClNO3/c1-11(2)10-18(3)15(19)9-12-7-13(17)16-14(8-12)20-5-4-6-21-16/h7-8,11H,4-6,9-10H2,1-3H3. The molecule has 0 saturated carbocycles. The van der Waals surface area contributed by atoms with Gasteiger partial charge in [-0.15, -0.1) is 0 Å². The summed E-state index contributed by atoms with van der Waals surface area (Å²) in [4.78, 5) is 14.0. The maximum Gasteiger partial charge on any atom is 0.226 e. The summed E-state index contributed by atoms with van der Waals surface area (Å²) in [5.41, 5.74) is 0.852. The molecule has 0 spiro atoms. The van der Waals surface area contributed by atoms with Crippen LogP contribution in [-0.2, 0) is 11.2 Å². The number of rotatable bonds is 4. The molecule has 0 bridgehead atoms. The highest BCUT2D eigenvalue weighted by atomic mass is 35.5. The first-order valence-corrected chi connectivity index (χ1v) is 7.67. The van der Waals surface area contributed by atoms with Crippen molar-refractivity contribution in [3.8, 4) is 11.5 Å². The van der Waals surface area contributed by atoms with Crippen molar-refractivity contribution in [3.05, 3.63) is 22.7 Å². The van der Waals surface area contributed by atoms with Crippen molar-refractivity contribution < 1.29 is 14.3 Å². The Morgan fingerprint density at radius 1 is 1.33 bits per heavy atom. The number of fused-ring (bicyclic) bond motifs is 1. The molecule has 0 unspecified atom stereocenters. The summed E-state index contributed by atoms with van der Waals surface area (Å²) in [6.07, 6.45) is 1.15. The van der Waals surface area contributed by atoms with E-state index in [4.69, 9.17) is 21.1 Å². The Hall–Kier alpha value is -1.42. The van der Waals surface area contributed by atoms with Crippen LogP contribution >= 0.6 is 11.6 Å². The number of ether oxygens (including phenoxy) is 2. The third-order valence-corrected chi connectivity index (χ3v) is 3.56. The van der Waals surface area contributed by atoms with Crippen LogP contribution in [0.5, 0.6) is 11.5 Å². The Kier molecular flexibility index (Phi) is 5.34. The highest BCUT2D eigenvalue weighted by molar-refractivity contribution is 6.32. The van der Waals surface area contributed by atoms with Crippen LogP contribution in [0.3, 0.4) is 0 Å². The maximum absolute atomic E-state index is 12.2. The molecule has 5 heteroatoms. The van der Waals surface area contributed by atoms with E-state index in [1.807, 2.05) is 13.1 Å². The Balaban J connectivity index is 2.12. The molecule has 21 heavy (non-hydrogen) atoms. The van der Waals surface area contributed by atoms with E-state index in [1.54, 1.807) is 11.0 Å². The average molecular weight is 312 g/mol. The summed E-state index contributed by atoms with van der Waals surface area (Å²) in [6.45, 7) is 6.13. The van der Waals surface area contributed by atoms with Crippen LogP contribution in [0.1, 0.15) is 25.8 Å². The van der Waals surface area contributed by atoms with Crippen LogP contribution in [0.25, 0.3) is 0 Å². The third kappa shape index (κ3) is 4.27. The molecular formula is C16H22ClNO3.